The number of amides is 1. The molecule has 0 radical (unpaired) electrons. The average Bonchev–Trinajstić information content (AvgIpc) is 2.41. The maximum Gasteiger partial charge on any atom is 0.333 e. The van der Waals surface area contributed by atoms with Crippen LogP contribution in [0.15, 0.2) is 11.6 Å². The highest BCUT2D eigenvalue weighted by molar-refractivity contribution is 5.88. The van der Waals surface area contributed by atoms with Gasteiger partial charge in [0.15, 0.2) is 0 Å². The summed E-state index contributed by atoms with van der Waals surface area (Å²) in [5.41, 5.74) is 6.13. The second-order valence-electron chi connectivity index (χ2n) is 5.52. The van der Waals surface area contributed by atoms with Crippen molar-refractivity contribution in [2.75, 3.05) is 13.7 Å². The molecule has 0 saturated carbocycles. The Morgan fingerprint density at radius 2 is 1.82 bits per heavy atom. The van der Waals surface area contributed by atoms with Crippen LogP contribution in [0.2, 0.25) is 0 Å². The first-order valence-corrected chi connectivity index (χ1v) is 7.19. The molecule has 0 aliphatic heterocycles. The van der Waals surface area contributed by atoms with E-state index in [0.717, 1.165) is 0 Å². The summed E-state index contributed by atoms with van der Waals surface area (Å²) in [6, 6.07) is -1.28. The maximum absolute atomic E-state index is 12.2. The number of aliphatic hydroxyl groups is 1. The highest BCUT2D eigenvalue weighted by atomic mass is 35.5. The van der Waals surface area contributed by atoms with Gasteiger partial charge in [-0.05, 0) is 26.7 Å². The van der Waals surface area contributed by atoms with Gasteiger partial charge in [0.25, 0.3) is 0 Å². The van der Waals surface area contributed by atoms with Crippen LogP contribution in [0.1, 0.15) is 34.6 Å². The van der Waals surface area contributed by atoms with E-state index in [9.17, 15) is 14.7 Å². The van der Waals surface area contributed by atoms with Crippen LogP contribution in [0.5, 0.6) is 0 Å². The lowest BCUT2D eigenvalue weighted by atomic mass is 9.99. The molecule has 0 aliphatic rings. The van der Waals surface area contributed by atoms with Crippen molar-refractivity contribution < 1.29 is 19.4 Å². The molecule has 7 heteroatoms. The Balaban J connectivity index is 0. The number of hydrogen-bond acceptors (Lipinski definition) is 5. The monoisotopic (exact) mass is 336 g/mol. The Kier molecular flexibility index (Phi) is 11.1. The third kappa shape index (κ3) is 6.77. The van der Waals surface area contributed by atoms with Gasteiger partial charge in [-0.3, -0.25) is 4.79 Å². The fourth-order valence-corrected chi connectivity index (χ4v) is 1.91. The van der Waals surface area contributed by atoms with Crippen LogP contribution in [0.3, 0.4) is 0 Å². The first kappa shape index (κ1) is 23.2. The van der Waals surface area contributed by atoms with Crippen LogP contribution in [0.25, 0.3) is 0 Å². The van der Waals surface area contributed by atoms with Crippen molar-refractivity contribution in [3.63, 3.8) is 0 Å². The molecule has 22 heavy (non-hydrogen) atoms. The molecular formula is C15H29ClN2O4. The topological polar surface area (TPSA) is 92.9 Å². The Labute approximate surface area is 139 Å². The maximum atomic E-state index is 12.2. The molecule has 0 fully saturated rings. The van der Waals surface area contributed by atoms with Crippen LogP contribution < -0.4 is 5.73 Å². The van der Waals surface area contributed by atoms with E-state index >= 15 is 0 Å². The van der Waals surface area contributed by atoms with Gasteiger partial charge in [0.2, 0.25) is 5.91 Å². The molecule has 0 aromatic carbocycles. The molecule has 3 N–H and O–H groups in total. The van der Waals surface area contributed by atoms with E-state index in [2.05, 4.69) is 0 Å². The van der Waals surface area contributed by atoms with Gasteiger partial charge in [0.05, 0.1) is 18.8 Å². The number of likely N-dealkylation sites (N-methyl/N-ethyl adjacent to an activating group) is 1. The van der Waals surface area contributed by atoms with E-state index in [4.69, 9.17) is 10.5 Å². The van der Waals surface area contributed by atoms with Gasteiger partial charge >= 0.3 is 5.97 Å². The van der Waals surface area contributed by atoms with Crippen molar-refractivity contribution in [3.8, 4) is 0 Å². The third-order valence-electron chi connectivity index (χ3n) is 3.30. The lowest BCUT2D eigenvalue weighted by Crippen LogP contribution is -2.51. The summed E-state index contributed by atoms with van der Waals surface area (Å²) >= 11 is 0. The quantitative estimate of drug-likeness (QED) is 0.536. The number of carbonyl (C=O) groups is 2. The molecule has 6 nitrogen and oxygen atoms in total. The van der Waals surface area contributed by atoms with E-state index in [-0.39, 0.29) is 30.3 Å². The molecule has 0 bridgehead atoms. The van der Waals surface area contributed by atoms with Gasteiger partial charge in [0, 0.05) is 12.6 Å². The molecule has 0 aromatic heterocycles. The summed E-state index contributed by atoms with van der Waals surface area (Å²) in [6.07, 6.45) is 0.776. The van der Waals surface area contributed by atoms with Gasteiger partial charge in [-0.1, -0.05) is 19.9 Å². The van der Waals surface area contributed by atoms with Gasteiger partial charge in [0.1, 0.15) is 6.04 Å². The fraction of sp³-hybridized carbons (Fsp3) is 0.733. The number of carbonyl (C=O) groups excluding carboxylic acids is 2. The normalized spacial score (nSPS) is 15.6. The molecule has 0 rings (SSSR count). The van der Waals surface area contributed by atoms with E-state index in [0.29, 0.717) is 12.2 Å². The van der Waals surface area contributed by atoms with Crippen molar-refractivity contribution in [1.29, 1.82) is 0 Å². The minimum absolute atomic E-state index is 0. The lowest BCUT2D eigenvalue weighted by Gasteiger charge is -2.32. The molecule has 3 atom stereocenters. The average molecular weight is 337 g/mol. The highest BCUT2D eigenvalue weighted by Gasteiger charge is 2.28. The van der Waals surface area contributed by atoms with Gasteiger partial charge < -0.3 is 20.5 Å². The van der Waals surface area contributed by atoms with Crippen LogP contribution in [-0.2, 0) is 14.3 Å². The number of hydrogen-bond donors (Lipinski definition) is 2. The molecule has 0 heterocycles. The molecule has 0 unspecified atom stereocenters. The van der Waals surface area contributed by atoms with Crippen molar-refractivity contribution in [2.24, 2.45) is 11.7 Å². The third-order valence-corrected chi connectivity index (χ3v) is 3.30. The first-order chi connectivity index (χ1) is 9.63. The minimum atomic E-state index is -0.979. The SMILES string of the molecule is CCOC(=O)/C(C)=C/[C@H](C(C)C)N(C)C(=O)[C@@H](N)[C@H](C)O.Cl. The summed E-state index contributed by atoms with van der Waals surface area (Å²) < 4.78 is 4.93. The Hall–Kier alpha value is -1.11. The summed E-state index contributed by atoms with van der Waals surface area (Å²) in [5, 5.41) is 9.44. The largest absolute Gasteiger partial charge is 0.463 e. The second kappa shape index (κ2) is 10.6. The zero-order valence-corrected chi connectivity index (χ0v) is 15.0. The van der Waals surface area contributed by atoms with E-state index in [1.807, 2.05) is 13.8 Å². The molecule has 0 saturated heterocycles. The van der Waals surface area contributed by atoms with Crippen molar-refractivity contribution in [2.45, 2.75) is 52.8 Å². The van der Waals surface area contributed by atoms with Crippen LogP contribution in [0.4, 0.5) is 0 Å². The summed E-state index contributed by atoms with van der Waals surface area (Å²) in [6.45, 7) is 9.05. The predicted octanol–water partition coefficient (Wildman–Crippen LogP) is 1.11. The molecule has 0 aromatic rings. The lowest BCUT2D eigenvalue weighted by molar-refractivity contribution is -0.139. The standard InChI is InChI=1S/C15H28N2O4.ClH/c1-7-21-15(20)10(4)8-12(9(2)3)17(6)14(19)13(16)11(5)18;/h8-9,11-13,18H,7,16H2,1-6H3;1H/b10-8+;/t11-,12+,13-;/m0./s1. The highest BCUT2D eigenvalue weighted by Crippen LogP contribution is 2.15. The van der Waals surface area contributed by atoms with E-state index in [1.165, 1.54) is 11.8 Å². The van der Waals surface area contributed by atoms with Gasteiger partial charge in [-0.15, -0.1) is 12.4 Å². The number of rotatable bonds is 7. The zero-order chi connectivity index (χ0) is 16.7. The number of halogens is 1. The molecule has 0 spiro atoms. The first-order valence-electron chi connectivity index (χ1n) is 7.19. The van der Waals surface area contributed by atoms with Crippen LogP contribution >= 0.6 is 12.4 Å². The number of esters is 1. The summed E-state index contributed by atoms with van der Waals surface area (Å²) in [5.74, 6) is -0.676. The van der Waals surface area contributed by atoms with E-state index < -0.39 is 18.1 Å². The predicted molar refractivity (Wildman–Crippen MR) is 88.7 cm³/mol. The van der Waals surface area contributed by atoms with Crippen molar-refractivity contribution in [3.05, 3.63) is 11.6 Å². The zero-order valence-electron chi connectivity index (χ0n) is 14.2. The number of nitrogens with two attached hydrogens (primary N) is 1. The Bertz CT molecular complexity index is 397. The second-order valence-corrected chi connectivity index (χ2v) is 5.52. The van der Waals surface area contributed by atoms with E-state index in [1.54, 1.807) is 27.0 Å². The van der Waals surface area contributed by atoms with Gasteiger partial charge in [-0.2, -0.15) is 0 Å². The summed E-state index contributed by atoms with van der Waals surface area (Å²) in [4.78, 5) is 25.3. The number of aliphatic hydroxyl groups excluding tert-OH is 1. The Morgan fingerprint density at radius 1 is 1.32 bits per heavy atom. The number of nitrogens with zero attached hydrogens (tertiary/aromatic N) is 1. The molecule has 1 amide bonds. The fourth-order valence-electron chi connectivity index (χ4n) is 1.91. The smallest absolute Gasteiger partial charge is 0.333 e. The molecule has 130 valence electrons. The number of ether oxygens (including phenoxy) is 1. The van der Waals surface area contributed by atoms with Crippen molar-refractivity contribution in [1.82, 2.24) is 4.90 Å². The van der Waals surface area contributed by atoms with Crippen molar-refractivity contribution >= 4 is 24.3 Å². The minimum Gasteiger partial charge on any atom is -0.463 e. The van der Waals surface area contributed by atoms with Gasteiger partial charge in [-0.25, -0.2) is 4.79 Å². The molecular weight excluding hydrogens is 308 g/mol. The Morgan fingerprint density at radius 3 is 2.18 bits per heavy atom. The van der Waals surface area contributed by atoms with Crippen LogP contribution in [0, 0.1) is 5.92 Å². The molecule has 0 aliphatic carbocycles. The van der Waals surface area contributed by atoms with Crippen LogP contribution in [-0.4, -0.2) is 53.7 Å². The summed E-state index contributed by atoms with van der Waals surface area (Å²) in [7, 11) is 1.62.